The summed E-state index contributed by atoms with van der Waals surface area (Å²) in [5, 5.41) is 0. The van der Waals surface area contributed by atoms with Gasteiger partial charge in [0.1, 0.15) is 5.60 Å². The summed E-state index contributed by atoms with van der Waals surface area (Å²) in [6.45, 7) is 10.5. The molecule has 134 valence electrons. The van der Waals surface area contributed by atoms with Gasteiger partial charge in [-0.1, -0.05) is 24.3 Å². The lowest BCUT2D eigenvalue weighted by Gasteiger charge is -2.50. The highest BCUT2D eigenvalue weighted by atomic mass is 16.6. The van der Waals surface area contributed by atoms with Gasteiger partial charge in [-0.15, -0.1) is 6.58 Å². The van der Waals surface area contributed by atoms with E-state index in [4.69, 9.17) is 9.47 Å². The fourth-order valence-electron chi connectivity index (χ4n) is 5.32. The molecule has 2 heterocycles. The first kappa shape index (κ1) is 16.6. The van der Waals surface area contributed by atoms with Crippen LogP contribution in [0.3, 0.4) is 0 Å². The molecule has 1 amide bonds. The quantitative estimate of drug-likeness (QED) is 0.690. The van der Waals surface area contributed by atoms with Crippen molar-refractivity contribution in [2.75, 3.05) is 11.5 Å². The maximum Gasteiger partial charge on any atom is 0.417 e. The predicted octanol–water partition coefficient (Wildman–Crippen LogP) is 4.78. The first-order chi connectivity index (χ1) is 11.9. The van der Waals surface area contributed by atoms with Crippen molar-refractivity contribution in [1.29, 1.82) is 0 Å². The van der Waals surface area contributed by atoms with E-state index in [1.807, 2.05) is 37.8 Å². The van der Waals surface area contributed by atoms with Crippen molar-refractivity contribution in [3.63, 3.8) is 0 Å². The standard InChI is InChI=1S/C21H27NO3/c1-5-15-9-8-12-21-20(15,13-14-24-21)16-10-6-7-11-17(16)22(21)18(23)25-19(2,3)4/h5-7,10-11,15H,1,8-9,12-14H2,2-4H3/t15?,20-,21+/m1/s1. The Balaban J connectivity index is 1.91. The maximum absolute atomic E-state index is 13.2. The predicted molar refractivity (Wildman–Crippen MR) is 97.7 cm³/mol. The average Bonchev–Trinajstić information content (AvgIpc) is 3.04. The minimum Gasteiger partial charge on any atom is -0.443 e. The Morgan fingerprint density at radius 2 is 2.12 bits per heavy atom. The van der Waals surface area contributed by atoms with Crippen molar-refractivity contribution in [2.45, 2.75) is 63.2 Å². The van der Waals surface area contributed by atoms with Crippen LogP contribution in [0.1, 0.15) is 52.0 Å². The van der Waals surface area contributed by atoms with Crippen LogP contribution in [0.15, 0.2) is 36.9 Å². The number of para-hydroxylation sites is 1. The van der Waals surface area contributed by atoms with Crippen LogP contribution >= 0.6 is 0 Å². The van der Waals surface area contributed by atoms with Crippen LogP contribution < -0.4 is 4.90 Å². The molecule has 2 aliphatic heterocycles. The van der Waals surface area contributed by atoms with Crippen molar-refractivity contribution in [3.8, 4) is 0 Å². The smallest absolute Gasteiger partial charge is 0.417 e. The van der Waals surface area contributed by atoms with Crippen molar-refractivity contribution in [1.82, 2.24) is 0 Å². The van der Waals surface area contributed by atoms with Gasteiger partial charge in [0.25, 0.3) is 0 Å². The highest BCUT2D eigenvalue weighted by Gasteiger charge is 2.71. The summed E-state index contributed by atoms with van der Waals surface area (Å²) < 4.78 is 12.2. The van der Waals surface area contributed by atoms with Gasteiger partial charge >= 0.3 is 6.09 Å². The number of hydrogen-bond acceptors (Lipinski definition) is 3. The molecule has 3 atom stereocenters. The number of ether oxygens (including phenoxy) is 2. The lowest BCUT2D eigenvalue weighted by molar-refractivity contribution is -0.0664. The van der Waals surface area contributed by atoms with Gasteiger partial charge in [0, 0.05) is 0 Å². The van der Waals surface area contributed by atoms with Crippen molar-refractivity contribution in [3.05, 3.63) is 42.5 Å². The fourth-order valence-corrected chi connectivity index (χ4v) is 5.32. The summed E-state index contributed by atoms with van der Waals surface area (Å²) in [6.07, 6.45) is 5.62. The third-order valence-corrected chi connectivity index (χ3v) is 6.05. The zero-order valence-corrected chi connectivity index (χ0v) is 15.4. The Labute approximate surface area is 149 Å². The second-order valence-electron chi connectivity index (χ2n) is 8.42. The minimum absolute atomic E-state index is 0.208. The Kier molecular flexibility index (Phi) is 3.56. The second kappa shape index (κ2) is 5.34. The molecule has 4 heteroatoms. The molecule has 4 rings (SSSR count). The summed E-state index contributed by atoms with van der Waals surface area (Å²) in [5.41, 5.74) is 0.753. The molecule has 1 saturated carbocycles. The monoisotopic (exact) mass is 341 g/mol. The van der Waals surface area contributed by atoms with E-state index in [1.54, 1.807) is 0 Å². The molecule has 2 fully saturated rings. The second-order valence-corrected chi connectivity index (χ2v) is 8.42. The van der Waals surface area contributed by atoms with E-state index in [0.717, 1.165) is 31.4 Å². The van der Waals surface area contributed by atoms with Crippen LogP contribution in [0.4, 0.5) is 10.5 Å². The zero-order chi connectivity index (χ0) is 17.9. The van der Waals surface area contributed by atoms with Crippen molar-refractivity contribution >= 4 is 11.8 Å². The van der Waals surface area contributed by atoms with Gasteiger partial charge in [0.15, 0.2) is 5.72 Å². The molecular weight excluding hydrogens is 314 g/mol. The summed E-state index contributed by atoms with van der Waals surface area (Å²) in [7, 11) is 0. The van der Waals surface area contributed by atoms with E-state index in [0.29, 0.717) is 12.5 Å². The van der Waals surface area contributed by atoms with Crippen molar-refractivity contribution in [2.24, 2.45) is 5.92 Å². The lowest BCUT2D eigenvalue weighted by atomic mass is 9.59. The normalized spacial score (nSPS) is 33.4. The summed E-state index contributed by atoms with van der Waals surface area (Å²) in [5.74, 6) is 0.303. The van der Waals surface area contributed by atoms with E-state index in [1.165, 1.54) is 5.56 Å². The number of allylic oxidation sites excluding steroid dienone is 1. The number of benzene rings is 1. The first-order valence-corrected chi connectivity index (χ1v) is 9.25. The molecule has 3 aliphatic rings. The Hall–Kier alpha value is -1.81. The van der Waals surface area contributed by atoms with Gasteiger partial charge in [-0.3, -0.25) is 0 Å². The molecule has 1 saturated heterocycles. The van der Waals surface area contributed by atoms with E-state index >= 15 is 0 Å². The van der Waals surface area contributed by atoms with Crippen LogP contribution in [0.2, 0.25) is 0 Å². The van der Waals surface area contributed by atoms with Crippen LogP contribution in [0.25, 0.3) is 0 Å². The lowest BCUT2D eigenvalue weighted by Crippen LogP contribution is -2.62. The maximum atomic E-state index is 13.2. The van der Waals surface area contributed by atoms with E-state index < -0.39 is 11.3 Å². The molecule has 1 aliphatic carbocycles. The fraction of sp³-hybridized carbons (Fsp3) is 0.571. The van der Waals surface area contributed by atoms with Gasteiger partial charge in [-0.2, -0.15) is 0 Å². The van der Waals surface area contributed by atoms with Crippen LogP contribution in [-0.2, 0) is 14.9 Å². The Bertz CT molecular complexity index is 722. The summed E-state index contributed by atoms with van der Waals surface area (Å²) in [4.78, 5) is 15.0. The average molecular weight is 341 g/mol. The molecule has 0 bridgehead atoms. The summed E-state index contributed by atoms with van der Waals surface area (Å²) >= 11 is 0. The third kappa shape index (κ3) is 2.06. The van der Waals surface area contributed by atoms with E-state index in [9.17, 15) is 4.79 Å². The molecule has 1 unspecified atom stereocenters. The van der Waals surface area contributed by atoms with E-state index in [-0.39, 0.29) is 11.5 Å². The highest BCUT2D eigenvalue weighted by molar-refractivity contribution is 5.94. The molecule has 0 N–H and O–H groups in total. The molecule has 1 aromatic rings. The number of nitrogens with zero attached hydrogens (tertiary/aromatic N) is 1. The molecule has 25 heavy (non-hydrogen) atoms. The SMILES string of the molecule is C=CC1CCC[C@]23OCC[C@]12c1ccccc1N3C(=O)OC(C)(C)C. The van der Waals surface area contributed by atoms with Gasteiger partial charge in [0.05, 0.1) is 17.7 Å². The van der Waals surface area contributed by atoms with Gasteiger partial charge < -0.3 is 9.47 Å². The molecule has 0 aromatic heterocycles. The van der Waals surface area contributed by atoms with E-state index in [2.05, 4.69) is 24.8 Å². The van der Waals surface area contributed by atoms with Crippen LogP contribution in [0, 0.1) is 5.92 Å². The number of carbonyl (C=O) groups is 1. The number of amides is 1. The molecule has 0 spiro atoms. The number of hydrogen-bond donors (Lipinski definition) is 0. The third-order valence-electron chi connectivity index (χ3n) is 6.05. The summed E-state index contributed by atoms with van der Waals surface area (Å²) in [6, 6.07) is 8.23. The largest absolute Gasteiger partial charge is 0.443 e. The minimum atomic E-state index is -0.643. The van der Waals surface area contributed by atoms with Gasteiger partial charge in [-0.05, 0) is 64.0 Å². The van der Waals surface area contributed by atoms with Crippen LogP contribution in [-0.4, -0.2) is 24.0 Å². The first-order valence-electron chi connectivity index (χ1n) is 9.25. The number of fused-ring (bicyclic) bond motifs is 1. The topological polar surface area (TPSA) is 38.8 Å². The Morgan fingerprint density at radius 3 is 2.84 bits per heavy atom. The molecule has 4 nitrogen and oxygen atoms in total. The van der Waals surface area contributed by atoms with Gasteiger partial charge in [-0.25, -0.2) is 9.69 Å². The molecule has 1 aromatic carbocycles. The number of carbonyl (C=O) groups excluding carboxylic acids is 1. The number of anilines is 1. The molecular formula is C21H27NO3. The molecule has 0 radical (unpaired) electrons. The van der Waals surface area contributed by atoms with Gasteiger partial charge in [0.2, 0.25) is 0 Å². The highest BCUT2D eigenvalue weighted by Crippen LogP contribution is 2.65. The Morgan fingerprint density at radius 1 is 1.36 bits per heavy atom. The number of rotatable bonds is 1. The zero-order valence-electron chi connectivity index (χ0n) is 15.4. The van der Waals surface area contributed by atoms with Crippen LogP contribution in [0.5, 0.6) is 0 Å². The van der Waals surface area contributed by atoms with Crippen molar-refractivity contribution < 1.29 is 14.3 Å².